The van der Waals surface area contributed by atoms with E-state index in [0.29, 0.717) is 22.5 Å². The maximum absolute atomic E-state index is 15.3. The van der Waals surface area contributed by atoms with E-state index in [9.17, 15) is 24.9 Å². The maximum Gasteiger partial charge on any atom is 0.265 e. The average Bonchev–Trinajstić information content (AvgIpc) is 3.70. The minimum absolute atomic E-state index is 0.317. The number of fused-ring (bicyclic) bond motifs is 12. The van der Waals surface area contributed by atoms with E-state index in [2.05, 4.69) is 10.6 Å². The van der Waals surface area contributed by atoms with Crippen molar-refractivity contribution < 1.29 is 34.5 Å². The monoisotopic (exact) mass is 772 g/mol. The molecule has 13 nitrogen and oxygen atoms in total. The number of benzene rings is 2. The van der Waals surface area contributed by atoms with Gasteiger partial charge in [0.25, 0.3) is 23.6 Å². The summed E-state index contributed by atoms with van der Waals surface area (Å²) in [6.45, 7) is 3.14. The van der Waals surface area contributed by atoms with Gasteiger partial charge in [-0.2, -0.15) is 0 Å². The predicted octanol–water partition coefficient (Wildman–Crippen LogP) is 1.59. The van der Waals surface area contributed by atoms with E-state index >= 15 is 9.59 Å². The molecule has 0 saturated carbocycles. The highest BCUT2D eigenvalue weighted by atomic mass is 33.5. The first kappa shape index (κ1) is 32.2. The molecule has 0 aliphatic carbocycles. The molecule has 4 amide bonds. The molecule has 0 aromatic heterocycles. The van der Waals surface area contributed by atoms with E-state index in [0.717, 1.165) is 32.4 Å². The Balaban J connectivity index is 1.34. The van der Waals surface area contributed by atoms with Gasteiger partial charge in [0.05, 0.1) is 17.4 Å². The highest BCUT2D eigenvalue weighted by Crippen LogP contribution is 2.78. The van der Waals surface area contributed by atoms with E-state index in [1.807, 2.05) is 56.3 Å². The van der Waals surface area contributed by atoms with Crippen LogP contribution in [-0.4, -0.2) is 123 Å². The first-order valence-corrected chi connectivity index (χ1v) is 21.8. The first-order valence-electron chi connectivity index (χ1n) is 16.2. The second-order valence-electron chi connectivity index (χ2n) is 14.4. The molecule has 8 saturated heterocycles. The minimum Gasteiger partial charge on any atom is -0.392 e. The van der Waals surface area contributed by atoms with Crippen molar-refractivity contribution in [3.8, 4) is 0 Å². The molecule has 18 heteroatoms. The lowest BCUT2D eigenvalue weighted by molar-refractivity contribution is -0.169. The lowest BCUT2D eigenvalue weighted by Gasteiger charge is -2.58. The van der Waals surface area contributed by atoms with Gasteiger partial charge < -0.3 is 35.8 Å². The van der Waals surface area contributed by atoms with Gasteiger partial charge in [-0.15, -0.1) is 0 Å². The predicted molar refractivity (Wildman–Crippen MR) is 193 cm³/mol. The van der Waals surface area contributed by atoms with Gasteiger partial charge >= 0.3 is 0 Å². The third-order valence-electron chi connectivity index (χ3n) is 12.7. The van der Waals surface area contributed by atoms with Crippen LogP contribution in [0.15, 0.2) is 48.5 Å². The molecule has 12 rings (SSSR count). The topological polar surface area (TPSA) is 166 Å². The second kappa shape index (κ2) is 9.55. The highest BCUT2D eigenvalue weighted by molar-refractivity contribution is 9.10. The number of rotatable bonds is 3. The number of hydrogen-bond acceptors (Lipinski definition) is 14. The quantitative estimate of drug-likeness (QED) is 0.286. The van der Waals surface area contributed by atoms with Crippen LogP contribution < -0.4 is 10.6 Å². The summed E-state index contributed by atoms with van der Waals surface area (Å²) in [5, 5.41) is 44.7. The maximum atomic E-state index is 15.3. The van der Waals surface area contributed by atoms with Crippen molar-refractivity contribution in [2.45, 2.75) is 68.7 Å². The highest BCUT2D eigenvalue weighted by Gasteiger charge is 2.92. The normalized spacial score (nSPS) is 44.6. The molecule has 5 N–H and O–H groups in total. The summed E-state index contributed by atoms with van der Waals surface area (Å²) >= 11 is 0. The number of carbonyl (C=O) groups excluding carboxylic acids is 4. The average molecular weight is 773 g/mol. The Morgan fingerprint density at radius 3 is 1.74 bits per heavy atom. The van der Waals surface area contributed by atoms with Crippen molar-refractivity contribution in [1.29, 1.82) is 0 Å². The van der Waals surface area contributed by atoms with Gasteiger partial charge in [-0.25, -0.2) is 0 Å². The number of aliphatic hydroxyl groups is 3. The number of aliphatic hydroxyl groups excluding tert-OH is 3. The number of hydrogen-bond donors (Lipinski definition) is 5. The van der Waals surface area contributed by atoms with Crippen molar-refractivity contribution in [2.24, 2.45) is 5.92 Å². The van der Waals surface area contributed by atoms with E-state index in [-0.39, 0.29) is 11.8 Å². The van der Waals surface area contributed by atoms with Gasteiger partial charge in [0.15, 0.2) is 4.87 Å². The van der Waals surface area contributed by atoms with Crippen LogP contribution in [0.2, 0.25) is 0 Å². The summed E-state index contributed by atoms with van der Waals surface area (Å²) in [7, 11) is 8.86. The zero-order chi connectivity index (χ0) is 35.1. The van der Waals surface area contributed by atoms with E-state index in [4.69, 9.17) is 0 Å². The number of anilines is 2. The van der Waals surface area contributed by atoms with Crippen molar-refractivity contribution in [3.05, 3.63) is 59.7 Å². The fourth-order valence-electron chi connectivity index (χ4n) is 10.5. The molecule has 10 aliphatic heterocycles. The Labute approximate surface area is 306 Å². The fourth-order valence-corrected chi connectivity index (χ4v) is 20.5. The van der Waals surface area contributed by atoms with Gasteiger partial charge in [-0.3, -0.25) is 29.0 Å². The number of carbonyl (C=O) groups is 4. The molecule has 2 spiro atoms. The molecule has 0 radical (unpaired) electrons. The molecule has 10 atom stereocenters. The fraction of sp³-hybridized carbons (Fsp3) is 0.500. The molecule has 50 heavy (non-hydrogen) atoms. The Kier molecular flexibility index (Phi) is 6.16. The molecule has 10 heterocycles. The van der Waals surface area contributed by atoms with Crippen LogP contribution in [0.25, 0.3) is 0 Å². The van der Waals surface area contributed by atoms with Crippen LogP contribution in [0.1, 0.15) is 25.0 Å². The van der Waals surface area contributed by atoms with Crippen LogP contribution in [0.5, 0.6) is 0 Å². The summed E-state index contributed by atoms with van der Waals surface area (Å²) in [6.07, 6.45) is -5.59. The van der Waals surface area contributed by atoms with Crippen LogP contribution in [-0.2, 0) is 30.0 Å². The summed E-state index contributed by atoms with van der Waals surface area (Å²) in [4.78, 5) is 58.8. The number of piperazine rings is 2. The van der Waals surface area contributed by atoms with Crippen molar-refractivity contribution in [3.63, 3.8) is 0 Å². The molecule has 8 fully saturated rings. The summed E-state index contributed by atoms with van der Waals surface area (Å²) in [5.74, 6) is -2.23. The molecule has 10 aliphatic rings. The number of likely N-dealkylation sites (N-methyl/N-ethyl adjacent to an activating group) is 2. The third kappa shape index (κ3) is 2.77. The molecule has 262 valence electrons. The standard InChI is InChI=1S/C32H32N6O7S5/c1-14(2)30-26(45)38-22-29(16-10-6-8-12-18(16)34-22,20(41)32(38,49-50-48-30)25(44)36(30)4)28-15-9-5-7-11-17(15)33-21(28)37-23(42)27(13-39)35(3)24(43)31(37,19(28)40)47-46-27/h5-12,14,19-22,33-34,39-41H,13H2,1-4H3. The number of amides is 4. The first-order chi connectivity index (χ1) is 23.8. The summed E-state index contributed by atoms with van der Waals surface area (Å²) < 4.78 is 0. The van der Waals surface area contributed by atoms with Crippen molar-refractivity contribution in [2.75, 3.05) is 31.3 Å². The van der Waals surface area contributed by atoms with E-state index in [1.54, 1.807) is 13.1 Å². The largest absolute Gasteiger partial charge is 0.392 e. The Morgan fingerprint density at radius 2 is 1.20 bits per heavy atom. The lowest BCUT2D eigenvalue weighted by atomic mass is 9.52. The van der Waals surface area contributed by atoms with Gasteiger partial charge in [0.1, 0.15) is 24.5 Å². The molecular formula is C32H32N6O7S5. The van der Waals surface area contributed by atoms with Crippen molar-refractivity contribution in [1.82, 2.24) is 19.6 Å². The Bertz CT molecular complexity index is 2000. The molecule has 2 aromatic carbocycles. The Morgan fingerprint density at radius 1 is 0.700 bits per heavy atom. The zero-order valence-corrected chi connectivity index (χ0v) is 31.1. The van der Waals surface area contributed by atoms with Gasteiger partial charge in [0.2, 0.25) is 14.6 Å². The number of para-hydroxylation sites is 2. The number of nitrogens with zero attached hydrogens (tertiary/aromatic N) is 4. The number of nitrogens with one attached hydrogen (secondary N) is 2. The van der Waals surface area contributed by atoms with E-state index < -0.39 is 79.2 Å². The van der Waals surface area contributed by atoms with Crippen molar-refractivity contribution >= 4 is 88.0 Å². The second-order valence-corrected chi connectivity index (χ2v) is 21.4. The molecule has 10 unspecified atom stereocenters. The van der Waals surface area contributed by atoms with Crippen LogP contribution in [0, 0.1) is 5.92 Å². The Hall–Kier alpha value is -2.45. The SMILES string of the molecule is CC(C)C12SSSC3(C(=O)N1C)C(O)C1(C45c6ccccc6NC4N4C(=O)C6(CO)SSC4(C(=O)N6C)C5O)c4ccccc4NC1N3C2=O. The molecular weight excluding hydrogens is 741 g/mol. The van der Waals surface area contributed by atoms with Crippen LogP contribution in [0.4, 0.5) is 11.4 Å². The minimum atomic E-state index is -1.88. The third-order valence-corrected chi connectivity index (χ3v) is 21.6. The molecule has 4 bridgehead atoms. The van der Waals surface area contributed by atoms with Crippen LogP contribution >= 0.6 is 53.0 Å². The van der Waals surface area contributed by atoms with E-state index in [1.165, 1.54) is 47.3 Å². The van der Waals surface area contributed by atoms with Gasteiger partial charge in [0, 0.05) is 25.5 Å². The smallest absolute Gasteiger partial charge is 0.265 e. The van der Waals surface area contributed by atoms with Gasteiger partial charge in [-0.1, -0.05) is 50.2 Å². The summed E-state index contributed by atoms with van der Waals surface area (Å²) in [6, 6.07) is 14.6. The lowest BCUT2D eigenvalue weighted by Crippen LogP contribution is -2.79. The van der Waals surface area contributed by atoms with Gasteiger partial charge in [-0.05, 0) is 82.2 Å². The van der Waals surface area contributed by atoms with Crippen LogP contribution in [0.3, 0.4) is 0 Å². The summed E-state index contributed by atoms with van der Waals surface area (Å²) in [5.41, 5.74) is -1.17. The molecule has 2 aromatic rings. The zero-order valence-electron chi connectivity index (χ0n) is 27.0.